The molecule has 0 spiro atoms. The van der Waals surface area contributed by atoms with Crippen LogP contribution in [0.1, 0.15) is 15.9 Å². The molecule has 27 heavy (non-hydrogen) atoms. The van der Waals surface area contributed by atoms with E-state index >= 15 is 0 Å². The predicted octanol–water partition coefficient (Wildman–Crippen LogP) is 2.05. The van der Waals surface area contributed by atoms with E-state index in [0.29, 0.717) is 11.3 Å². The summed E-state index contributed by atoms with van der Waals surface area (Å²) >= 11 is 0. The molecule has 0 aromatic heterocycles. The zero-order chi connectivity index (χ0) is 19.8. The fourth-order valence-electron chi connectivity index (χ4n) is 2.18. The highest BCUT2D eigenvalue weighted by Crippen LogP contribution is 2.17. The summed E-state index contributed by atoms with van der Waals surface area (Å²) in [7, 11) is 1.43. The SMILES string of the molecule is COc1ccccc1C(=O)NCC(=O)OCC(=O)Nc1ccc(C)cc1F. The van der Waals surface area contributed by atoms with Crippen LogP contribution in [0.25, 0.3) is 0 Å². The minimum absolute atomic E-state index is 0.00822. The first-order valence-electron chi connectivity index (χ1n) is 8.03. The van der Waals surface area contributed by atoms with E-state index in [1.165, 1.54) is 19.2 Å². The standard InChI is InChI=1S/C19H19FN2O5/c1-12-7-8-15(14(20)9-12)22-17(23)11-27-18(24)10-21-19(25)13-5-3-4-6-16(13)26-2/h3-9H,10-11H2,1-2H3,(H,21,25)(H,22,23). The summed E-state index contributed by atoms with van der Waals surface area (Å²) in [6.45, 7) is 0.690. The Morgan fingerprint density at radius 1 is 1.11 bits per heavy atom. The van der Waals surface area contributed by atoms with Crippen LogP contribution in [0.4, 0.5) is 10.1 Å². The minimum Gasteiger partial charge on any atom is -0.496 e. The number of rotatable bonds is 7. The van der Waals surface area contributed by atoms with E-state index in [0.717, 1.165) is 0 Å². The lowest BCUT2D eigenvalue weighted by atomic mass is 10.2. The van der Waals surface area contributed by atoms with E-state index in [9.17, 15) is 18.8 Å². The largest absolute Gasteiger partial charge is 0.496 e. The van der Waals surface area contributed by atoms with Gasteiger partial charge < -0.3 is 20.1 Å². The van der Waals surface area contributed by atoms with Crippen LogP contribution in [-0.2, 0) is 14.3 Å². The van der Waals surface area contributed by atoms with Crippen molar-refractivity contribution in [2.24, 2.45) is 0 Å². The molecule has 2 aromatic carbocycles. The Bertz CT molecular complexity index is 854. The molecule has 8 heteroatoms. The van der Waals surface area contributed by atoms with E-state index in [4.69, 9.17) is 9.47 Å². The third-order valence-electron chi connectivity index (χ3n) is 3.51. The van der Waals surface area contributed by atoms with Gasteiger partial charge in [-0.25, -0.2) is 4.39 Å². The number of hydrogen-bond donors (Lipinski definition) is 2. The van der Waals surface area contributed by atoms with E-state index in [-0.39, 0.29) is 11.3 Å². The van der Waals surface area contributed by atoms with Crippen LogP contribution in [0.2, 0.25) is 0 Å². The molecule has 2 amide bonds. The van der Waals surface area contributed by atoms with Crippen molar-refractivity contribution >= 4 is 23.5 Å². The zero-order valence-electron chi connectivity index (χ0n) is 14.9. The number of amides is 2. The van der Waals surface area contributed by atoms with Gasteiger partial charge in [0, 0.05) is 0 Å². The summed E-state index contributed by atoms with van der Waals surface area (Å²) in [5.41, 5.74) is 0.967. The highest BCUT2D eigenvalue weighted by molar-refractivity contribution is 5.98. The molecule has 0 atom stereocenters. The van der Waals surface area contributed by atoms with Gasteiger partial charge in [-0.15, -0.1) is 0 Å². The normalized spacial score (nSPS) is 10.0. The molecule has 0 fully saturated rings. The molecule has 0 radical (unpaired) electrons. The number of methoxy groups -OCH3 is 1. The van der Waals surface area contributed by atoms with Gasteiger partial charge in [0.15, 0.2) is 6.61 Å². The smallest absolute Gasteiger partial charge is 0.325 e. The number of anilines is 1. The first-order valence-corrected chi connectivity index (χ1v) is 8.03. The first kappa shape index (κ1) is 19.9. The molecule has 0 heterocycles. The average Bonchev–Trinajstić information content (AvgIpc) is 2.66. The number of esters is 1. The van der Waals surface area contributed by atoms with Crippen LogP contribution in [0, 0.1) is 12.7 Å². The summed E-state index contributed by atoms with van der Waals surface area (Å²) < 4.78 is 23.5. The monoisotopic (exact) mass is 374 g/mol. The van der Waals surface area contributed by atoms with Crippen LogP contribution < -0.4 is 15.4 Å². The molecule has 0 bridgehead atoms. The third kappa shape index (κ3) is 5.81. The van der Waals surface area contributed by atoms with Crippen molar-refractivity contribution < 1.29 is 28.2 Å². The van der Waals surface area contributed by atoms with Gasteiger partial charge in [-0.3, -0.25) is 14.4 Å². The molecule has 0 aliphatic rings. The van der Waals surface area contributed by atoms with Crippen molar-refractivity contribution in [2.75, 3.05) is 25.6 Å². The van der Waals surface area contributed by atoms with E-state index in [1.807, 2.05) is 0 Å². The number of carbonyl (C=O) groups excluding carboxylic acids is 3. The first-order chi connectivity index (χ1) is 12.9. The van der Waals surface area contributed by atoms with Crippen LogP contribution in [-0.4, -0.2) is 38.0 Å². The van der Waals surface area contributed by atoms with Gasteiger partial charge in [-0.2, -0.15) is 0 Å². The second-order valence-electron chi connectivity index (χ2n) is 5.58. The number of nitrogens with one attached hydrogen (secondary N) is 2. The van der Waals surface area contributed by atoms with Crippen molar-refractivity contribution in [3.8, 4) is 5.75 Å². The quantitative estimate of drug-likeness (QED) is 0.724. The molecule has 0 aliphatic carbocycles. The van der Waals surface area contributed by atoms with Crippen LogP contribution >= 0.6 is 0 Å². The molecule has 2 N–H and O–H groups in total. The number of aryl methyl sites for hydroxylation is 1. The molecule has 2 aromatic rings. The number of halogens is 1. The van der Waals surface area contributed by atoms with Gasteiger partial charge in [0.2, 0.25) is 0 Å². The van der Waals surface area contributed by atoms with E-state index < -0.39 is 36.8 Å². The van der Waals surface area contributed by atoms with Crippen molar-refractivity contribution in [1.82, 2.24) is 5.32 Å². The van der Waals surface area contributed by atoms with Crippen LogP contribution in [0.15, 0.2) is 42.5 Å². The Balaban J connectivity index is 1.78. The maximum atomic E-state index is 13.7. The molecule has 2 rings (SSSR count). The lowest BCUT2D eigenvalue weighted by molar-refractivity contribution is -0.146. The van der Waals surface area contributed by atoms with Crippen molar-refractivity contribution in [2.45, 2.75) is 6.92 Å². The highest BCUT2D eigenvalue weighted by atomic mass is 19.1. The average molecular weight is 374 g/mol. The maximum absolute atomic E-state index is 13.7. The molecular formula is C19H19FN2O5. The molecule has 0 aliphatic heterocycles. The molecule has 142 valence electrons. The highest BCUT2D eigenvalue weighted by Gasteiger charge is 2.14. The molecular weight excluding hydrogens is 355 g/mol. The lowest BCUT2D eigenvalue weighted by Crippen LogP contribution is -2.32. The fraction of sp³-hybridized carbons (Fsp3) is 0.211. The Labute approximate surface area is 155 Å². The van der Waals surface area contributed by atoms with Crippen molar-refractivity contribution in [1.29, 1.82) is 0 Å². The topological polar surface area (TPSA) is 93.7 Å². The van der Waals surface area contributed by atoms with Crippen molar-refractivity contribution in [3.05, 3.63) is 59.4 Å². The van der Waals surface area contributed by atoms with Gasteiger partial charge in [0.1, 0.15) is 18.1 Å². The van der Waals surface area contributed by atoms with Gasteiger partial charge in [0.25, 0.3) is 11.8 Å². The summed E-state index contributed by atoms with van der Waals surface area (Å²) in [5.74, 6) is -2.24. The van der Waals surface area contributed by atoms with Crippen LogP contribution in [0.3, 0.4) is 0 Å². The summed E-state index contributed by atoms with van der Waals surface area (Å²) in [6, 6.07) is 10.8. The van der Waals surface area contributed by atoms with Gasteiger partial charge in [0.05, 0.1) is 18.4 Å². The Kier molecular flexibility index (Phi) is 6.87. The second-order valence-corrected chi connectivity index (χ2v) is 5.58. The maximum Gasteiger partial charge on any atom is 0.325 e. The summed E-state index contributed by atoms with van der Waals surface area (Å²) in [6.07, 6.45) is 0. The fourth-order valence-corrected chi connectivity index (χ4v) is 2.18. The van der Waals surface area contributed by atoms with E-state index in [1.54, 1.807) is 37.3 Å². The van der Waals surface area contributed by atoms with E-state index in [2.05, 4.69) is 10.6 Å². The third-order valence-corrected chi connectivity index (χ3v) is 3.51. The Morgan fingerprint density at radius 3 is 2.56 bits per heavy atom. The van der Waals surface area contributed by atoms with Gasteiger partial charge in [-0.05, 0) is 36.8 Å². The summed E-state index contributed by atoms with van der Waals surface area (Å²) in [5, 5.41) is 4.68. The Hall–Kier alpha value is -3.42. The zero-order valence-corrected chi connectivity index (χ0v) is 14.9. The number of ether oxygens (including phenoxy) is 2. The number of para-hydroxylation sites is 1. The predicted molar refractivity (Wildman–Crippen MR) is 96.1 cm³/mol. The molecule has 0 unspecified atom stereocenters. The minimum atomic E-state index is -0.808. The summed E-state index contributed by atoms with van der Waals surface area (Å²) in [4.78, 5) is 35.5. The van der Waals surface area contributed by atoms with Gasteiger partial charge in [-0.1, -0.05) is 18.2 Å². The van der Waals surface area contributed by atoms with Gasteiger partial charge >= 0.3 is 5.97 Å². The molecule has 0 saturated heterocycles. The van der Waals surface area contributed by atoms with Crippen LogP contribution in [0.5, 0.6) is 5.75 Å². The number of benzene rings is 2. The Morgan fingerprint density at radius 2 is 1.85 bits per heavy atom. The lowest BCUT2D eigenvalue weighted by Gasteiger charge is -2.10. The molecule has 7 nitrogen and oxygen atoms in total. The van der Waals surface area contributed by atoms with Crippen molar-refractivity contribution in [3.63, 3.8) is 0 Å². The molecule has 0 saturated carbocycles. The number of carbonyl (C=O) groups is 3. The second kappa shape index (κ2) is 9.33. The number of hydrogen-bond acceptors (Lipinski definition) is 5.